The van der Waals surface area contributed by atoms with Crippen LogP contribution in [0.4, 0.5) is 0 Å². The molecule has 76 valence electrons. The third kappa shape index (κ3) is 4.10. The highest BCUT2D eigenvalue weighted by molar-refractivity contribution is 4.77. The predicted octanol–water partition coefficient (Wildman–Crippen LogP) is 1.33. The molecule has 0 atom stereocenters. The fraction of sp³-hybridized carbons (Fsp3) is 1.00. The second-order valence-corrected chi connectivity index (χ2v) is 4.85. The topological polar surface area (TPSA) is 15.3 Å². The minimum atomic E-state index is 1.02. The van der Waals surface area contributed by atoms with Crippen molar-refractivity contribution in [3.63, 3.8) is 0 Å². The average Bonchev–Trinajstić information content (AvgIpc) is 2.92. The van der Waals surface area contributed by atoms with Gasteiger partial charge in [0.05, 0.1) is 0 Å². The van der Waals surface area contributed by atoms with E-state index in [1.54, 1.807) is 0 Å². The summed E-state index contributed by atoms with van der Waals surface area (Å²) < 4.78 is 0. The summed E-state index contributed by atoms with van der Waals surface area (Å²) in [7, 11) is 2.25. The van der Waals surface area contributed by atoms with Gasteiger partial charge in [0.2, 0.25) is 0 Å². The van der Waals surface area contributed by atoms with Crippen molar-refractivity contribution in [1.82, 2.24) is 10.2 Å². The Morgan fingerprint density at radius 1 is 1.15 bits per heavy atom. The summed E-state index contributed by atoms with van der Waals surface area (Å²) in [6.45, 7) is 4.99. The van der Waals surface area contributed by atoms with E-state index in [4.69, 9.17) is 0 Å². The van der Waals surface area contributed by atoms with Crippen LogP contribution in [0.3, 0.4) is 0 Å². The van der Waals surface area contributed by atoms with Gasteiger partial charge >= 0.3 is 0 Å². The Labute approximate surface area is 81.7 Å². The Morgan fingerprint density at radius 3 is 2.46 bits per heavy atom. The third-order valence-electron chi connectivity index (χ3n) is 3.07. The predicted molar refractivity (Wildman–Crippen MR) is 55.8 cm³/mol. The number of hydrogen-bond acceptors (Lipinski definition) is 2. The van der Waals surface area contributed by atoms with Gasteiger partial charge in [0.25, 0.3) is 0 Å². The van der Waals surface area contributed by atoms with Crippen LogP contribution in [0.2, 0.25) is 0 Å². The Morgan fingerprint density at radius 2 is 1.85 bits per heavy atom. The van der Waals surface area contributed by atoms with E-state index < -0.39 is 0 Å². The molecule has 0 aromatic carbocycles. The highest BCUT2D eigenvalue weighted by Crippen LogP contribution is 2.29. The first-order valence-electron chi connectivity index (χ1n) is 5.74. The van der Waals surface area contributed by atoms with Gasteiger partial charge in [-0.1, -0.05) is 0 Å². The van der Waals surface area contributed by atoms with E-state index in [9.17, 15) is 0 Å². The molecule has 0 aromatic heterocycles. The van der Waals surface area contributed by atoms with Crippen LogP contribution in [-0.4, -0.2) is 38.1 Å². The molecular formula is C11H22N2. The van der Waals surface area contributed by atoms with Crippen molar-refractivity contribution in [3.05, 3.63) is 0 Å². The van der Waals surface area contributed by atoms with E-state index in [0.717, 1.165) is 11.8 Å². The van der Waals surface area contributed by atoms with Crippen LogP contribution < -0.4 is 5.32 Å². The van der Waals surface area contributed by atoms with E-state index in [1.807, 2.05) is 0 Å². The molecule has 2 heteroatoms. The molecule has 0 spiro atoms. The summed E-state index contributed by atoms with van der Waals surface area (Å²) in [5, 5.41) is 3.53. The van der Waals surface area contributed by atoms with Crippen molar-refractivity contribution >= 4 is 0 Å². The number of hydrogen-bond donors (Lipinski definition) is 1. The normalized spacial score (nSPS) is 22.6. The molecule has 13 heavy (non-hydrogen) atoms. The molecule has 2 fully saturated rings. The Kier molecular flexibility index (Phi) is 3.23. The molecule has 1 N–H and O–H groups in total. The summed E-state index contributed by atoms with van der Waals surface area (Å²) in [6, 6.07) is 0. The molecule has 2 nitrogen and oxygen atoms in total. The summed E-state index contributed by atoms with van der Waals surface area (Å²) in [4.78, 5) is 2.47. The molecule has 2 saturated carbocycles. The quantitative estimate of drug-likeness (QED) is 0.598. The van der Waals surface area contributed by atoms with Gasteiger partial charge in [-0.2, -0.15) is 0 Å². The number of likely N-dealkylation sites (N-methyl/N-ethyl adjacent to an activating group) is 1. The lowest BCUT2D eigenvalue weighted by Crippen LogP contribution is -2.31. The minimum absolute atomic E-state index is 1.02. The van der Waals surface area contributed by atoms with Gasteiger partial charge in [-0.05, 0) is 51.1 Å². The van der Waals surface area contributed by atoms with Crippen LogP contribution in [-0.2, 0) is 0 Å². The molecule has 0 unspecified atom stereocenters. The Balaban J connectivity index is 1.41. The lowest BCUT2D eigenvalue weighted by atomic mass is 10.3. The van der Waals surface area contributed by atoms with Crippen LogP contribution in [0.5, 0.6) is 0 Å². The van der Waals surface area contributed by atoms with E-state index in [-0.39, 0.29) is 0 Å². The summed E-state index contributed by atoms with van der Waals surface area (Å²) >= 11 is 0. The van der Waals surface area contributed by atoms with E-state index in [1.165, 1.54) is 51.9 Å². The standard InChI is InChI=1S/C11H22N2/c1-13(9-11-4-5-11)7-6-12-8-10-2-3-10/h10-12H,2-9H2,1H3. The third-order valence-corrected chi connectivity index (χ3v) is 3.07. The summed E-state index contributed by atoms with van der Waals surface area (Å²) in [6.07, 6.45) is 5.87. The molecule has 0 heterocycles. The van der Waals surface area contributed by atoms with Crippen LogP contribution >= 0.6 is 0 Å². The molecule has 2 rings (SSSR count). The Bertz CT molecular complexity index is 150. The first-order valence-corrected chi connectivity index (χ1v) is 5.74. The molecule has 2 aliphatic carbocycles. The van der Waals surface area contributed by atoms with Gasteiger partial charge in [0.1, 0.15) is 0 Å². The van der Waals surface area contributed by atoms with Crippen molar-refractivity contribution < 1.29 is 0 Å². The zero-order valence-corrected chi connectivity index (χ0v) is 8.76. The van der Waals surface area contributed by atoms with Crippen molar-refractivity contribution in [1.29, 1.82) is 0 Å². The lowest BCUT2D eigenvalue weighted by Gasteiger charge is -2.16. The maximum Gasteiger partial charge on any atom is 0.0104 e. The average molecular weight is 182 g/mol. The van der Waals surface area contributed by atoms with Gasteiger partial charge in [-0.3, -0.25) is 0 Å². The van der Waals surface area contributed by atoms with Crippen molar-refractivity contribution in [2.75, 3.05) is 33.2 Å². The maximum atomic E-state index is 3.53. The Hall–Kier alpha value is -0.0800. The monoisotopic (exact) mass is 182 g/mol. The number of nitrogens with one attached hydrogen (secondary N) is 1. The van der Waals surface area contributed by atoms with Crippen molar-refractivity contribution in [2.45, 2.75) is 25.7 Å². The van der Waals surface area contributed by atoms with E-state index in [2.05, 4.69) is 17.3 Å². The van der Waals surface area contributed by atoms with Crippen LogP contribution in [0, 0.1) is 11.8 Å². The molecule has 0 radical (unpaired) electrons. The molecule has 0 aliphatic heterocycles. The minimum Gasteiger partial charge on any atom is -0.315 e. The largest absolute Gasteiger partial charge is 0.315 e. The summed E-state index contributed by atoms with van der Waals surface area (Å²) in [5.41, 5.74) is 0. The van der Waals surface area contributed by atoms with Crippen molar-refractivity contribution in [3.8, 4) is 0 Å². The van der Waals surface area contributed by atoms with Gasteiger partial charge < -0.3 is 10.2 Å². The second kappa shape index (κ2) is 4.43. The van der Waals surface area contributed by atoms with Crippen LogP contribution in [0.25, 0.3) is 0 Å². The highest BCUT2D eigenvalue weighted by Gasteiger charge is 2.23. The smallest absolute Gasteiger partial charge is 0.0104 e. The first kappa shape index (κ1) is 9.47. The maximum absolute atomic E-state index is 3.53. The first-order chi connectivity index (χ1) is 6.34. The van der Waals surface area contributed by atoms with Gasteiger partial charge in [0.15, 0.2) is 0 Å². The van der Waals surface area contributed by atoms with E-state index >= 15 is 0 Å². The van der Waals surface area contributed by atoms with Gasteiger partial charge in [-0.15, -0.1) is 0 Å². The summed E-state index contributed by atoms with van der Waals surface area (Å²) in [5.74, 6) is 2.06. The molecule has 0 saturated heterocycles. The lowest BCUT2D eigenvalue weighted by molar-refractivity contribution is 0.318. The van der Waals surface area contributed by atoms with Crippen LogP contribution in [0.15, 0.2) is 0 Å². The molecule has 0 amide bonds. The zero-order chi connectivity index (χ0) is 9.10. The second-order valence-electron chi connectivity index (χ2n) is 4.85. The molecular weight excluding hydrogens is 160 g/mol. The highest BCUT2D eigenvalue weighted by atomic mass is 15.1. The zero-order valence-electron chi connectivity index (χ0n) is 8.76. The fourth-order valence-electron chi connectivity index (χ4n) is 1.73. The van der Waals surface area contributed by atoms with E-state index in [0.29, 0.717) is 0 Å². The number of nitrogens with zero attached hydrogens (tertiary/aromatic N) is 1. The molecule has 2 aliphatic rings. The number of rotatable bonds is 7. The molecule has 0 bridgehead atoms. The van der Waals surface area contributed by atoms with Gasteiger partial charge in [0, 0.05) is 19.6 Å². The molecule has 0 aromatic rings. The van der Waals surface area contributed by atoms with Crippen molar-refractivity contribution in [2.24, 2.45) is 11.8 Å². The fourth-order valence-corrected chi connectivity index (χ4v) is 1.73. The van der Waals surface area contributed by atoms with Gasteiger partial charge in [-0.25, -0.2) is 0 Å². The SMILES string of the molecule is CN(CCNCC1CC1)CC1CC1. The van der Waals surface area contributed by atoms with Crippen LogP contribution in [0.1, 0.15) is 25.7 Å².